The molecule has 242 valence electrons. The molecule has 1 aliphatic heterocycles. The zero-order chi connectivity index (χ0) is 33.0. The van der Waals surface area contributed by atoms with Crippen LogP contribution in [0.3, 0.4) is 0 Å². The molecule has 0 unspecified atom stereocenters. The summed E-state index contributed by atoms with van der Waals surface area (Å²) in [6.45, 7) is 4.54. The molecule has 6 rings (SSSR count). The van der Waals surface area contributed by atoms with Crippen molar-refractivity contribution in [2.75, 3.05) is 37.2 Å². The highest BCUT2D eigenvalue weighted by atomic mass is 32.2. The van der Waals surface area contributed by atoms with E-state index in [1.807, 2.05) is 19.1 Å². The van der Waals surface area contributed by atoms with E-state index in [0.717, 1.165) is 5.69 Å². The lowest BCUT2D eigenvalue weighted by Crippen LogP contribution is -2.56. The molecule has 0 bridgehead atoms. The minimum atomic E-state index is -4.52. The number of para-hydroxylation sites is 2. The van der Waals surface area contributed by atoms with Gasteiger partial charge in [0, 0.05) is 29.3 Å². The third-order valence-electron chi connectivity index (χ3n) is 8.11. The third-order valence-corrected chi connectivity index (χ3v) is 9.82. The highest BCUT2D eigenvalue weighted by Crippen LogP contribution is 2.36. The summed E-state index contributed by atoms with van der Waals surface area (Å²) in [5.41, 5.74) is 2.67. The Hall–Kier alpha value is -4.88. The summed E-state index contributed by atoms with van der Waals surface area (Å²) < 4.78 is 41.0. The molecule has 0 atom stereocenters. The molecule has 1 N–H and O–H groups in total. The van der Waals surface area contributed by atoms with Gasteiger partial charge in [-0.3, -0.25) is 4.79 Å². The van der Waals surface area contributed by atoms with Gasteiger partial charge in [-0.25, -0.2) is 18.2 Å². The monoisotopic (exact) mass is 656 g/mol. The number of fused-ring (bicyclic) bond motifs is 2. The van der Waals surface area contributed by atoms with E-state index < -0.39 is 22.1 Å². The molecule has 0 aliphatic carbocycles. The molecule has 12 heteroatoms. The van der Waals surface area contributed by atoms with Gasteiger partial charge in [0.15, 0.2) is 11.4 Å². The third kappa shape index (κ3) is 6.54. The molecule has 1 fully saturated rings. The number of carbonyl (C=O) groups is 2. The summed E-state index contributed by atoms with van der Waals surface area (Å²) in [5.74, 6) is -0.771. The van der Waals surface area contributed by atoms with Gasteiger partial charge in [0.2, 0.25) is 0 Å². The quantitative estimate of drug-likeness (QED) is 0.140. The number of hydrogen-bond donors (Lipinski definition) is 1. The smallest absolute Gasteiger partial charge is 0.434 e. The number of quaternary nitrogens is 1. The molecular formula is C35H34N3O8S+. The SMILES string of the molecule is CCO[N+]1(c2ccc(N(C(=O)Oc3c4ccccc4nc4ccccc34)S(=O)(=O)c3ccc(CCC(=O)O)cc3)cc2)CCOCC1. The van der Waals surface area contributed by atoms with Gasteiger partial charge in [0.25, 0.3) is 10.0 Å². The number of aromatic nitrogens is 1. The standard InChI is InChI=1S/C35H33N3O8S/c1-2-45-38(21-23-44-24-22-38)27-16-14-26(15-17-27)37(47(42,43)28-18-11-25(12-19-28)13-20-33(39)40)35(41)46-34-29-7-3-5-9-31(29)36-32-10-6-4-8-30(32)34/h3-12,14-19H,2,13,20-24H2,1H3/p+1. The summed E-state index contributed by atoms with van der Waals surface area (Å²) in [7, 11) is -4.52. The number of hydroxylamine groups is 2. The number of ether oxygens (including phenoxy) is 2. The van der Waals surface area contributed by atoms with Crippen molar-refractivity contribution < 1.29 is 37.4 Å². The molecule has 0 saturated carbocycles. The van der Waals surface area contributed by atoms with Crippen LogP contribution in [0.5, 0.6) is 5.75 Å². The van der Waals surface area contributed by atoms with Crippen LogP contribution in [0.15, 0.2) is 102 Å². The van der Waals surface area contributed by atoms with Crippen LogP contribution in [-0.2, 0) is 30.8 Å². The number of carboxylic acid groups (broad SMARTS) is 1. The molecule has 47 heavy (non-hydrogen) atoms. The van der Waals surface area contributed by atoms with Crippen LogP contribution < -0.4 is 13.7 Å². The maximum atomic E-state index is 14.3. The number of nitrogens with zero attached hydrogens (tertiary/aromatic N) is 3. The van der Waals surface area contributed by atoms with Crippen molar-refractivity contribution in [1.29, 1.82) is 0 Å². The van der Waals surface area contributed by atoms with Crippen LogP contribution in [0.25, 0.3) is 21.8 Å². The van der Waals surface area contributed by atoms with Crippen molar-refractivity contribution >= 4 is 55.3 Å². The average molecular weight is 657 g/mol. The van der Waals surface area contributed by atoms with Crippen molar-refractivity contribution in [3.05, 3.63) is 103 Å². The van der Waals surface area contributed by atoms with Crippen LogP contribution in [-0.4, -0.2) is 63.5 Å². The molecule has 0 spiro atoms. The topological polar surface area (TPSA) is 132 Å². The number of aryl methyl sites for hydroxylation is 1. The summed E-state index contributed by atoms with van der Waals surface area (Å²) in [4.78, 5) is 35.9. The van der Waals surface area contributed by atoms with E-state index >= 15 is 0 Å². The maximum Gasteiger partial charge on any atom is 0.434 e. The second kappa shape index (κ2) is 13.5. The molecule has 11 nitrogen and oxygen atoms in total. The number of sulfonamides is 1. The molecule has 1 aliphatic rings. The van der Waals surface area contributed by atoms with Gasteiger partial charge in [-0.15, -0.1) is 4.65 Å². The number of benzene rings is 4. The minimum absolute atomic E-state index is 0.0688. The summed E-state index contributed by atoms with van der Waals surface area (Å²) in [6.07, 6.45) is -0.997. The largest absolute Gasteiger partial charge is 0.481 e. The van der Waals surface area contributed by atoms with Gasteiger partial charge in [-0.05, 0) is 67.4 Å². The van der Waals surface area contributed by atoms with Gasteiger partial charge in [-0.2, -0.15) is 9.14 Å². The summed E-state index contributed by atoms with van der Waals surface area (Å²) >= 11 is 0. The van der Waals surface area contributed by atoms with E-state index in [4.69, 9.17) is 19.4 Å². The molecule has 5 aromatic rings. The lowest BCUT2D eigenvalue weighted by molar-refractivity contribution is -0.179. The number of carboxylic acids is 1. The van der Waals surface area contributed by atoms with Crippen molar-refractivity contribution in [3.8, 4) is 5.75 Å². The van der Waals surface area contributed by atoms with Crippen LogP contribution in [0.1, 0.15) is 18.9 Å². The van der Waals surface area contributed by atoms with E-state index in [1.54, 1.807) is 72.8 Å². The molecule has 1 amide bonds. The number of hydrogen-bond acceptors (Lipinski definition) is 8. The normalized spacial score (nSPS) is 14.6. The number of morpholine rings is 1. The number of rotatable bonds is 10. The van der Waals surface area contributed by atoms with Gasteiger partial charge < -0.3 is 14.6 Å². The minimum Gasteiger partial charge on any atom is -0.481 e. The van der Waals surface area contributed by atoms with Crippen molar-refractivity contribution in [3.63, 3.8) is 0 Å². The Morgan fingerprint density at radius 3 is 2.04 bits per heavy atom. The lowest BCUT2D eigenvalue weighted by atomic mass is 10.1. The van der Waals surface area contributed by atoms with E-state index in [2.05, 4.69) is 4.98 Å². The van der Waals surface area contributed by atoms with Crippen LogP contribution in [0.2, 0.25) is 0 Å². The Morgan fingerprint density at radius 1 is 0.872 bits per heavy atom. The molecule has 4 aromatic carbocycles. The number of pyridine rings is 1. The second-order valence-corrected chi connectivity index (χ2v) is 12.8. The van der Waals surface area contributed by atoms with Crippen molar-refractivity contribution in [2.24, 2.45) is 0 Å². The molecule has 1 aromatic heterocycles. The predicted molar refractivity (Wildman–Crippen MR) is 178 cm³/mol. The summed E-state index contributed by atoms with van der Waals surface area (Å²) in [5, 5.41) is 10.1. The van der Waals surface area contributed by atoms with Crippen molar-refractivity contribution in [1.82, 2.24) is 9.63 Å². The van der Waals surface area contributed by atoms with E-state index in [-0.39, 0.29) is 33.8 Å². The van der Waals surface area contributed by atoms with E-state index in [1.165, 1.54) is 12.1 Å². The van der Waals surface area contributed by atoms with Gasteiger partial charge in [-0.1, -0.05) is 36.4 Å². The average Bonchev–Trinajstić information content (AvgIpc) is 3.08. The number of aliphatic carboxylic acids is 1. The van der Waals surface area contributed by atoms with Crippen LogP contribution in [0.4, 0.5) is 16.2 Å². The highest BCUT2D eigenvalue weighted by Gasteiger charge is 2.37. The number of anilines is 1. The Labute approximate surface area is 272 Å². The van der Waals surface area contributed by atoms with E-state index in [9.17, 15) is 18.0 Å². The van der Waals surface area contributed by atoms with Crippen LogP contribution in [0, 0.1) is 0 Å². The fraction of sp³-hybridized carbons (Fsp3) is 0.229. The summed E-state index contributed by atoms with van der Waals surface area (Å²) in [6, 6.07) is 26.8. The first kappa shape index (κ1) is 32.1. The number of carbonyl (C=O) groups excluding carboxylic acids is 1. The Balaban J connectivity index is 1.43. The second-order valence-electron chi connectivity index (χ2n) is 11.0. The van der Waals surface area contributed by atoms with Gasteiger partial charge in [0.05, 0.1) is 34.8 Å². The Morgan fingerprint density at radius 2 is 1.47 bits per heavy atom. The highest BCUT2D eigenvalue weighted by molar-refractivity contribution is 7.93. The van der Waals surface area contributed by atoms with Gasteiger partial charge >= 0.3 is 12.1 Å². The van der Waals surface area contributed by atoms with Gasteiger partial charge in [0.1, 0.15) is 19.7 Å². The number of amides is 1. The first-order chi connectivity index (χ1) is 22.7. The molecule has 0 radical (unpaired) electrons. The Bertz CT molecular complexity index is 1970. The predicted octanol–water partition coefficient (Wildman–Crippen LogP) is 6.09. The fourth-order valence-electron chi connectivity index (χ4n) is 5.77. The fourth-order valence-corrected chi connectivity index (χ4v) is 7.10. The zero-order valence-electron chi connectivity index (χ0n) is 25.7. The van der Waals surface area contributed by atoms with Crippen LogP contribution >= 0.6 is 0 Å². The van der Waals surface area contributed by atoms with Crippen molar-refractivity contribution in [2.45, 2.75) is 24.7 Å². The maximum absolute atomic E-state index is 14.3. The molecule has 1 saturated heterocycles. The van der Waals surface area contributed by atoms with E-state index in [0.29, 0.717) is 64.6 Å². The molecule has 2 heterocycles. The molecular weight excluding hydrogens is 622 g/mol. The lowest BCUT2D eigenvalue weighted by Gasteiger charge is -2.37. The first-order valence-electron chi connectivity index (χ1n) is 15.3. The Kier molecular flexibility index (Phi) is 9.19. The zero-order valence-corrected chi connectivity index (χ0v) is 26.6. The first-order valence-corrected chi connectivity index (χ1v) is 16.7.